The molecule has 5 rings (SSSR count). The van der Waals surface area contributed by atoms with Gasteiger partial charge in [-0.2, -0.15) is 0 Å². The minimum absolute atomic E-state index is 0.0752. The van der Waals surface area contributed by atoms with Crippen molar-refractivity contribution in [1.82, 2.24) is 30.2 Å². The standard InChI is InChI=1S/C25H25N7O2S/c1-15-20(21(31-34-15)16-8-6-5-7-9-16)23-29-27-19(33-23)14-35-24-30-28-22(32(24)26)17-10-12-18(13-11-17)25(2,3)4/h5-13H,14,26H2,1-4H3. The Hall–Kier alpha value is -3.92. The van der Waals surface area contributed by atoms with E-state index in [4.69, 9.17) is 14.8 Å². The summed E-state index contributed by atoms with van der Waals surface area (Å²) in [5, 5.41) is 21.6. The summed E-state index contributed by atoms with van der Waals surface area (Å²) in [7, 11) is 0. The highest BCUT2D eigenvalue weighted by Crippen LogP contribution is 2.34. The lowest BCUT2D eigenvalue weighted by Gasteiger charge is -2.19. The molecule has 0 saturated carbocycles. The van der Waals surface area contributed by atoms with Crippen molar-refractivity contribution in [3.8, 4) is 34.1 Å². The fourth-order valence-corrected chi connectivity index (χ4v) is 4.34. The lowest BCUT2D eigenvalue weighted by atomic mass is 9.87. The maximum Gasteiger partial charge on any atom is 0.253 e. The molecule has 5 aromatic rings. The maximum absolute atomic E-state index is 6.29. The number of nitrogen functional groups attached to an aromatic ring is 1. The molecule has 0 amide bonds. The van der Waals surface area contributed by atoms with Crippen molar-refractivity contribution >= 4 is 11.8 Å². The van der Waals surface area contributed by atoms with Crippen LogP contribution in [0.1, 0.15) is 38.0 Å². The average Bonchev–Trinajstić information content (AvgIpc) is 3.56. The Labute approximate surface area is 206 Å². The van der Waals surface area contributed by atoms with E-state index in [1.54, 1.807) is 0 Å². The Morgan fingerprint density at radius 1 is 0.914 bits per heavy atom. The van der Waals surface area contributed by atoms with Crippen LogP contribution in [0.25, 0.3) is 34.1 Å². The van der Waals surface area contributed by atoms with Gasteiger partial charge in [-0.05, 0) is 17.9 Å². The normalized spacial score (nSPS) is 11.8. The van der Waals surface area contributed by atoms with Crippen molar-refractivity contribution in [1.29, 1.82) is 0 Å². The fourth-order valence-electron chi connectivity index (χ4n) is 3.65. The van der Waals surface area contributed by atoms with Gasteiger partial charge in [0.1, 0.15) is 17.0 Å². The van der Waals surface area contributed by atoms with E-state index in [0.717, 1.165) is 11.1 Å². The van der Waals surface area contributed by atoms with E-state index in [0.29, 0.717) is 45.5 Å². The highest BCUT2D eigenvalue weighted by atomic mass is 32.2. The van der Waals surface area contributed by atoms with Crippen LogP contribution in [-0.4, -0.2) is 30.2 Å². The predicted octanol–water partition coefficient (Wildman–Crippen LogP) is 5.26. The highest BCUT2D eigenvalue weighted by molar-refractivity contribution is 7.98. The van der Waals surface area contributed by atoms with E-state index in [9.17, 15) is 0 Å². The van der Waals surface area contributed by atoms with E-state index < -0.39 is 0 Å². The van der Waals surface area contributed by atoms with Gasteiger partial charge in [0.15, 0.2) is 5.82 Å². The Bertz CT molecular complexity index is 1450. The SMILES string of the molecule is Cc1onc(-c2ccccc2)c1-c1nnc(CSc2nnc(-c3ccc(C(C)(C)C)cc3)n2N)o1. The largest absolute Gasteiger partial charge is 0.420 e. The molecule has 35 heavy (non-hydrogen) atoms. The molecule has 0 aliphatic carbocycles. The Morgan fingerprint density at radius 3 is 2.37 bits per heavy atom. The van der Waals surface area contributed by atoms with Gasteiger partial charge < -0.3 is 14.8 Å². The Kier molecular flexibility index (Phi) is 5.89. The fraction of sp³-hybridized carbons (Fsp3) is 0.240. The number of nitrogens with zero attached hydrogens (tertiary/aromatic N) is 6. The molecule has 0 aliphatic rings. The number of aryl methyl sites for hydroxylation is 1. The van der Waals surface area contributed by atoms with E-state index >= 15 is 0 Å². The minimum Gasteiger partial charge on any atom is -0.420 e. The molecule has 2 aromatic carbocycles. The third-order valence-corrected chi connectivity index (χ3v) is 6.52. The van der Waals surface area contributed by atoms with Gasteiger partial charge in [0.25, 0.3) is 5.89 Å². The number of benzene rings is 2. The molecule has 3 heterocycles. The minimum atomic E-state index is 0.0752. The number of hydrogen-bond donors (Lipinski definition) is 1. The second-order valence-corrected chi connectivity index (χ2v) is 10.1. The molecule has 0 spiro atoms. The summed E-state index contributed by atoms with van der Waals surface area (Å²) in [5.74, 6) is 8.66. The van der Waals surface area contributed by atoms with Gasteiger partial charge in [-0.3, -0.25) is 0 Å². The zero-order valence-electron chi connectivity index (χ0n) is 19.9. The van der Waals surface area contributed by atoms with Crippen LogP contribution < -0.4 is 5.84 Å². The van der Waals surface area contributed by atoms with Crippen LogP contribution in [0, 0.1) is 6.92 Å². The van der Waals surface area contributed by atoms with Gasteiger partial charge in [0.05, 0.1) is 5.75 Å². The van der Waals surface area contributed by atoms with E-state index in [-0.39, 0.29) is 5.41 Å². The van der Waals surface area contributed by atoms with Crippen molar-refractivity contribution in [2.45, 2.75) is 44.0 Å². The van der Waals surface area contributed by atoms with Crippen LogP contribution in [-0.2, 0) is 11.2 Å². The topological polar surface area (TPSA) is 122 Å². The number of nitrogens with two attached hydrogens (primary N) is 1. The first kappa shape index (κ1) is 22.9. The third kappa shape index (κ3) is 4.57. The lowest BCUT2D eigenvalue weighted by molar-refractivity contribution is 0.399. The summed E-state index contributed by atoms with van der Waals surface area (Å²) in [6.07, 6.45) is 0. The van der Waals surface area contributed by atoms with E-state index in [1.807, 2.05) is 49.4 Å². The molecule has 0 fully saturated rings. The number of hydrogen-bond acceptors (Lipinski definition) is 9. The number of thioether (sulfide) groups is 1. The van der Waals surface area contributed by atoms with Crippen LogP contribution in [0.15, 0.2) is 68.7 Å². The van der Waals surface area contributed by atoms with Crippen molar-refractivity contribution in [3.05, 3.63) is 71.8 Å². The second kappa shape index (κ2) is 9.03. The van der Waals surface area contributed by atoms with E-state index in [2.05, 4.69) is 58.5 Å². The molecule has 9 nitrogen and oxygen atoms in total. The lowest BCUT2D eigenvalue weighted by Crippen LogP contribution is -2.12. The molecule has 0 saturated heterocycles. The van der Waals surface area contributed by atoms with Crippen molar-refractivity contribution < 1.29 is 8.94 Å². The summed E-state index contributed by atoms with van der Waals surface area (Å²) in [5.41, 5.74) is 4.47. The molecule has 0 radical (unpaired) electrons. The first-order valence-electron chi connectivity index (χ1n) is 11.1. The number of aromatic nitrogens is 6. The van der Waals surface area contributed by atoms with Crippen LogP contribution in [0.2, 0.25) is 0 Å². The van der Waals surface area contributed by atoms with Gasteiger partial charge in [-0.15, -0.1) is 20.4 Å². The van der Waals surface area contributed by atoms with Crippen molar-refractivity contribution in [2.75, 3.05) is 5.84 Å². The predicted molar refractivity (Wildman–Crippen MR) is 134 cm³/mol. The Balaban J connectivity index is 1.32. The average molecular weight is 488 g/mol. The van der Waals surface area contributed by atoms with Gasteiger partial charge in [0.2, 0.25) is 11.0 Å². The molecule has 10 heteroatoms. The second-order valence-electron chi connectivity index (χ2n) is 9.12. The molecule has 3 aromatic heterocycles. The molecule has 0 atom stereocenters. The first-order valence-corrected chi connectivity index (χ1v) is 12.1. The summed E-state index contributed by atoms with van der Waals surface area (Å²) in [6, 6.07) is 17.9. The quantitative estimate of drug-likeness (QED) is 0.252. The van der Waals surface area contributed by atoms with Crippen LogP contribution in [0.4, 0.5) is 0 Å². The molecule has 0 aliphatic heterocycles. The molecule has 0 bridgehead atoms. The molecular weight excluding hydrogens is 462 g/mol. The summed E-state index contributed by atoms with van der Waals surface area (Å²) in [4.78, 5) is 0. The summed E-state index contributed by atoms with van der Waals surface area (Å²) in [6.45, 7) is 8.35. The third-order valence-electron chi connectivity index (χ3n) is 5.59. The molecular formula is C25H25N7O2S. The summed E-state index contributed by atoms with van der Waals surface area (Å²) < 4.78 is 12.8. The monoisotopic (exact) mass is 487 g/mol. The van der Waals surface area contributed by atoms with Crippen LogP contribution in [0.3, 0.4) is 0 Å². The molecule has 178 valence electrons. The Morgan fingerprint density at radius 2 is 1.66 bits per heavy atom. The van der Waals surface area contributed by atoms with Crippen LogP contribution >= 0.6 is 11.8 Å². The van der Waals surface area contributed by atoms with E-state index in [1.165, 1.54) is 22.0 Å². The number of rotatable bonds is 6. The highest BCUT2D eigenvalue weighted by Gasteiger charge is 2.22. The van der Waals surface area contributed by atoms with Gasteiger partial charge in [-0.25, -0.2) is 4.68 Å². The zero-order chi connectivity index (χ0) is 24.6. The first-order chi connectivity index (χ1) is 16.8. The zero-order valence-corrected chi connectivity index (χ0v) is 20.7. The van der Waals surface area contributed by atoms with Gasteiger partial charge in [-0.1, -0.05) is 92.3 Å². The molecule has 2 N–H and O–H groups in total. The van der Waals surface area contributed by atoms with Gasteiger partial charge >= 0.3 is 0 Å². The molecule has 0 unspecified atom stereocenters. The van der Waals surface area contributed by atoms with Gasteiger partial charge in [0, 0.05) is 11.1 Å². The van der Waals surface area contributed by atoms with Crippen LogP contribution in [0.5, 0.6) is 0 Å². The van der Waals surface area contributed by atoms with Crippen molar-refractivity contribution in [3.63, 3.8) is 0 Å². The van der Waals surface area contributed by atoms with Crippen molar-refractivity contribution in [2.24, 2.45) is 0 Å². The maximum atomic E-state index is 6.29. The smallest absolute Gasteiger partial charge is 0.253 e. The summed E-state index contributed by atoms with van der Waals surface area (Å²) >= 11 is 1.37.